The Balaban J connectivity index is 4.80. The van der Waals surface area contributed by atoms with Gasteiger partial charge < -0.3 is 9.47 Å². The molecular formula is C15H29NO4. The van der Waals surface area contributed by atoms with Crippen LogP contribution >= 0.6 is 0 Å². The van der Waals surface area contributed by atoms with Gasteiger partial charge in [0.1, 0.15) is 5.54 Å². The van der Waals surface area contributed by atoms with Crippen LogP contribution in [0.3, 0.4) is 0 Å². The maximum absolute atomic E-state index is 12.1. The monoisotopic (exact) mass is 287 g/mol. The van der Waals surface area contributed by atoms with Crippen molar-refractivity contribution < 1.29 is 19.1 Å². The summed E-state index contributed by atoms with van der Waals surface area (Å²) >= 11 is 0. The van der Waals surface area contributed by atoms with Gasteiger partial charge in [0.2, 0.25) is 0 Å². The SMILES string of the molecule is CCCCCCN(C(=O)OCC)C(C)(C)C(=O)OCC. The summed E-state index contributed by atoms with van der Waals surface area (Å²) in [5.74, 6) is -0.399. The van der Waals surface area contributed by atoms with Gasteiger partial charge in [0.15, 0.2) is 0 Å². The van der Waals surface area contributed by atoms with Crippen molar-refractivity contribution >= 4 is 12.1 Å². The average Bonchev–Trinajstić information content (AvgIpc) is 2.38. The van der Waals surface area contributed by atoms with E-state index in [0.717, 1.165) is 25.7 Å². The largest absolute Gasteiger partial charge is 0.464 e. The number of ether oxygens (including phenoxy) is 2. The third-order valence-electron chi connectivity index (χ3n) is 3.17. The van der Waals surface area contributed by atoms with Crippen LogP contribution in [0.5, 0.6) is 0 Å². The molecule has 5 heteroatoms. The molecule has 0 aliphatic carbocycles. The summed E-state index contributed by atoms with van der Waals surface area (Å²) in [6.45, 7) is 10.1. The Morgan fingerprint density at radius 1 is 0.950 bits per heavy atom. The van der Waals surface area contributed by atoms with Crippen molar-refractivity contribution in [2.45, 2.75) is 65.8 Å². The molecule has 20 heavy (non-hydrogen) atoms. The average molecular weight is 287 g/mol. The van der Waals surface area contributed by atoms with Crippen molar-refractivity contribution in [1.82, 2.24) is 4.90 Å². The van der Waals surface area contributed by atoms with Crippen LogP contribution in [-0.2, 0) is 14.3 Å². The van der Waals surface area contributed by atoms with Gasteiger partial charge in [-0.1, -0.05) is 26.2 Å². The van der Waals surface area contributed by atoms with Crippen LogP contribution in [0.15, 0.2) is 0 Å². The number of rotatable bonds is 9. The summed E-state index contributed by atoms with van der Waals surface area (Å²) in [5.41, 5.74) is -1.01. The molecule has 0 unspecified atom stereocenters. The quantitative estimate of drug-likeness (QED) is 0.482. The molecule has 118 valence electrons. The summed E-state index contributed by atoms with van der Waals surface area (Å²) in [6, 6.07) is 0. The van der Waals surface area contributed by atoms with E-state index in [2.05, 4.69) is 6.92 Å². The summed E-state index contributed by atoms with van der Waals surface area (Å²) < 4.78 is 10.1. The van der Waals surface area contributed by atoms with Crippen LogP contribution in [-0.4, -0.2) is 42.3 Å². The minimum absolute atomic E-state index is 0.295. The molecule has 0 spiro atoms. The first kappa shape index (κ1) is 18.7. The van der Waals surface area contributed by atoms with Crippen molar-refractivity contribution in [2.75, 3.05) is 19.8 Å². The van der Waals surface area contributed by atoms with E-state index in [9.17, 15) is 9.59 Å². The Labute approximate surface area is 122 Å². The zero-order valence-corrected chi connectivity index (χ0v) is 13.5. The molecular weight excluding hydrogens is 258 g/mol. The van der Waals surface area contributed by atoms with Crippen LogP contribution in [0, 0.1) is 0 Å². The lowest BCUT2D eigenvalue weighted by Crippen LogP contribution is -2.54. The number of hydrogen-bond acceptors (Lipinski definition) is 4. The van der Waals surface area contributed by atoms with Gasteiger partial charge in [-0.3, -0.25) is 4.90 Å². The second kappa shape index (κ2) is 9.61. The zero-order chi connectivity index (χ0) is 15.6. The maximum Gasteiger partial charge on any atom is 0.410 e. The first-order valence-corrected chi connectivity index (χ1v) is 7.53. The van der Waals surface area contributed by atoms with E-state index >= 15 is 0 Å². The van der Waals surface area contributed by atoms with Gasteiger partial charge in [-0.15, -0.1) is 0 Å². The summed E-state index contributed by atoms with van der Waals surface area (Å²) in [6.07, 6.45) is 3.68. The first-order chi connectivity index (χ1) is 9.41. The highest BCUT2D eigenvalue weighted by Crippen LogP contribution is 2.19. The molecule has 0 N–H and O–H groups in total. The van der Waals surface area contributed by atoms with Crippen LogP contribution in [0.25, 0.3) is 0 Å². The molecule has 0 saturated carbocycles. The van der Waals surface area contributed by atoms with Gasteiger partial charge in [-0.05, 0) is 34.1 Å². The Morgan fingerprint density at radius 2 is 1.55 bits per heavy atom. The Morgan fingerprint density at radius 3 is 2.05 bits per heavy atom. The van der Waals surface area contributed by atoms with Crippen molar-refractivity contribution in [2.24, 2.45) is 0 Å². The first-order valence-electron chi connectivity index (χ1n) is 7.53. The number of nitrogens with zero attached hydrogens (tertiary/aromatic N) is 1. The molecule has 0 radical (unpaired) electrons. The van der Waals surface area contributed by atoms with Gasteiger partial charge in [0.05, 0.1) is 13.2 Å². The molecule has 0 aromatic carbocycles. The normalized spacial score (nSPS) is 11.1. The fraction of sp³-hybridized carbons (Fsp3) is 0.867. The van der Waals surface area contributed by atoms with E-state index in [1.807, 2.05) is 0 Å². The van der Waals surface area contributed by atoms with E-state index in [4.69, 9.17) is 9.47 Å². The van der Waals surface area contributed by atoms with Gasteiger partial charge in [-0.2, -0.15) is 0 Å². The molecule has 0 saturated heterocycles. The Kier molecular flexibility index (Phi) is 9.01. The highest BCUT2D eigenvalue weighted by Gasteiger charge is 2.39. The lowest BCUT2D eigenvalue weighted by molar-refractivity contribution is -0.154. The second-order valence-electron chi connectivity index (χ2n) is 5.19. The minimum Gasteiger partial charge on any atom is -0.464 e. The predicted octanol–water partition coefficient (Wildman–Crippen LogP) is 3.37. The highest BCUT2D eigenvalue weighted by molar-refractivity contribution is 5.85. The number of carbonyl (C=O) groups excluding carboxylic acids is 2. The lowest BCUT2D eigenvalue weighted by atomic mass is 10.0. The summed E-state index contributed by atoms with van der Waals surface area (Å²) in [5, 5.41) is 0. The fourth-order valence-electron chi connectivity index (χ4n) is 1.92. The third-order valence-corrected chi connectivity index (χ3v) is 3.17. The molecule has 1 amide bonds. The van der Waals surface area contributed by atoms with Crippen LogP contribution in [0.4, 0.5) is 4.79 Å². The van der Waals surface area contributed by atoms with E-state index in [0.29, 0.717) is 19.8 Å². The van der Waals surface area contributed by atoms with Crippen LogP contribution in [0.2, 0.25) is 0 Å². The number of esters is 1. The second-order valence-corrected chi connectivity index (χ2v) is 5.19. The van der Waals surface area contributed by atoms with Crippen molar-refractivity contribution in [3.05, 3.63) is 0 Å². The van der Waals surface area contributed by atoms with Crippen LogP contribution < -0.4 is 0 Å². The molecule has 0 aliphatic heterocycles. The van der Waals surface area contributed by atoms with Crippen molar-refractivity contribution in [3.8, 4) is 0 Å². The highest BCUT2D eigenvalue weighted by atomic mass is 16.6. The van der Waals surface area contributed by atoms with E-state index in [1.54, 1.807) is 27.7 Å². The maximum atomic E-state index is 12.1. The van der Waals surface area contributed by atoms with E-state index < -0.39 is 17.6 Å². The number of amides is 1. The topological polar surface area (TPSA) is 55.8 Å². The zero-order valence-electron chi connectivity index (χ0n) is 13.5. The minimum atomic E-state index is -1.01. The Hall–Kier alpha value is -1.26. The number of unbranched alkanes of at least 4 members (excludes halogenated alkanes) is 3. The van der Waals surface area contributed by atoms with Gasteiger partial charge >= 0.3 is 12.1 Å². The van der Waals surface area contributed by atoms with Gasteiger partial charge in [0, 0.05) is 6.54 Å². The van der Waals surface area contributed by atoms with Gasteiger partial charge in [-0.25, -0.2) is 9.59 Å². The predicted molar refractivity (Wildman–Crippen MR) is 78.6 cm³/mol. The molecule has 0 fully saturated rings. The molecule has 0 bridgehead atoms. The molecule has 0 aromatic heterocycles. The molecule has 0 aliphatic rings. The Bertz CT molecular complexity index is 302. The molecule has 0 rings (SSSR count). The van der Waals surface area contributed by atoms with E-state index in [-0.39, 0.29) is 0 Å². The standard InChI is InChI=1S/C15H29NO4/c1-6-9-10-11-12-16(14(18)20-8-3)15(4,5)13(17)19-7-2/h6-12H2,1-5H3. The van der Waals surface area contributed by atoms with Crippen LogP contribution in [0.1, 0.15) is 60.3 Å². The molecule has 0 aromatic rings. The fourth-order valence-corrected chi connectivity index (χ4v) is 1.92. The van der Waals surface area contributed by atoms with E-state index in [1.165, 1.54) is 4.90 Å². The summed E-state index contributed by atoms with van der Waals surface area (Å²) in [7, 11) is 0. The third kappa shape index (κ3) is 5.80. The molecule has 0 heterocycles. The molecule has 0 atom stereocenters. The molecule has 5 nitrogen and oxygen atoms in total. The number of hydrogen-bond donors (Lipinski definition) is 0. The van der Waals surface area contributed by atoms with Gasteiger partial charge in [0.25, 0.3) is 0 Å². The smallest absolute Gasteiger partial charge is 0.410 e. The summed E-state index contributed by atoms with van der Waals surface area (Å²) in [4.78, 5) is 25.6. The van der Waals surface area contributed by atoms with Crippen molar-refractivity contribution in [3.63, 3.8) is 0 Å². The number of carbonyl (C=O) groups is 2. The van der Waals surface area contributed by atoms with Crippen molar-refractivity contribution in [1.29, 1.82) is 0 Å². The lowest BCUT2D eigenvalue weighted by Gasteiger charge is -2.35.